The molecule has 78 valence electrons. The molecule has 4 heteroatoms. The Balaban J connectivity index is 0.00000169. The molecule has 1 aromatic heterocycles. The van der Waals surface area contributed by atoms with E-state index in [0.29, 0.717) is 18.5 Å². The van der Waals surface area contributed by atoms with Gasteiger partial charge in [-0.05, 0) is 32.0 Å². The second-order valence-corrected chi connectivity index (χ2v) is 3.00. The van der Waals surface area contributed by atoms with Gasteiger partial charge in [-0.25, -0.2) is 0 Å². The van der Waals surface area contributed by atoms with E-state index in [4.69, 9.17) is 5.73 Å². The number of ketones is 1. The summed E-state index contributed by atoms with van der Waals surface area (Å²) in [5.41, 5.74) is 6.92. The molecule has 3 nitrogen and oxygen atoms in total. The summed E-state index contributed by atoms with van der Waals surface area (Å²) in [6.07, 6.45) is 2.88. The summed E-state index contributed by atoms with van der Waals surface area (Å²) < 4.78 is 0. The van der Waals surface area contributed by atoms with E-state index < -0.39 is 0 Å². The lowest BCUT2D eigenvalue weighted by atomic mass is 10.1. The third kappa shape index (κ3) is 3.85. The summed E-state index contributed by atoms with van der Waals surface area (Å²) in [5, 5.41) is 0. The van der Waals surface area contributed by atoms with Crippen molar-refractivity contribution in [2.75, 3.05) is 6.54 Å². The second-order valence-electron chi connectivity index (χ2n) is 3.00. The summed E-state index contributed by atoms with van der Waals surface area (Å²) in [5.74, 6) is 0.123. The Bertz CT molecular complexity index is 285. The molecule has 0 atom stereocenters. The average Bonchev–Trinajstić information content (AvgIpc) is 2.15. The molecule has 0 aliphatic carbocycles. The Kier molecular flexibility index (Phi) is 6.08. The molecule has 0 spiro atoms. The lowest BCUT2D eigenvalue weighted by Gasteiger charge is -1.99. The zero-order valence-corrected chi connectivity index (χ0v) is 9.01. The molecule has 0 bridgehead atoms. The van der Waals surface area contributed by atoms with Crippen molar-refractivity contribution in [1.29, 1.82) is 0 Å². The third-order valence-electron chi connectivity index (χ3n) is 1.84. The Labute approximate surface area is 90.1 Å². The van der Waals surface area contributed by atoms with Crippen LogP contribution in [0.4, 0.5) is 0 Å². The summed E-state index contributed by atoms with van der Waals surface area (Å²) in [4.78, 5) is 15.5. The van der Waals surface area contributed by atoms with Gasteiger partial charge in [0.1, 0.15) is 0 Å². The zero-order chi connectivity index (χ0) is 9.68. The van der Waals surface area contributed by atoms with Gasteiger partial charge in [-0.2, -0.15) is 0 Å². The number of nitrogens with zero attached hydrogens (tertiary/aromatic N) is 1. The van der Waals surface area contributed by atoms with Crippen LogP contribution in [-0.2, 0) is 0 Å². The van der Waals surface area contributed by atoms with Crippen LogP contribution in [0.15, 0.2) is 18.3 Å². The lowest BCUT2D eigenvalue weighted by molar-refractivity contribution is 0.0980. The highest BCUT2D eigenvalue weighted by atomic mass is 35.5. The third-order valence-corrected chi connectivity index (χ3v) is 1.84. The van der Waals surface area contributed by atoms with Gasteiger partial charge in [0.15, 0.2) is 5.78 Å². The van der Waals surface area contributed by atoms with Crippen molar-refractivity contribution in [3.05, 3.63) is 29.6 Å². The molecule has 0 unspecified atom stereocenters. The smallest absolute Gasteiger partial charge is 0.164 e. The van der Waals surface area contributed by atoms with Gasteiger partial charge in [0.05, 0.1) is 0 Å². The minimum absolute atomic E-state index is 0. The van der Waals surface area contributed by atoms with Crippen molar-refractivity contribution in [3.8, 4) is 0 Å². The first-order valence-corrected chi connectivity index (χ1v) is 4.40. The number of hydrogen-bond donors (Lipinski definition) is 1. The van der Waals surface area contributed by atoms with E-state index in [1.807, 2.05) is 13.0 Å². The fourth-order valence-corrected chi connectivity index (χ4v) is 1.04. The van der Waals surface area contributed by atoms with Crippen molar-refractivity contribution >= 4 is 18.2 Å². The number of rotatable bonds is 4. The summed E-state index contributed by atoms with van der Waals surface area (Å²) in [6, 6.07) is 3.65. The quantitative estimate of drug-likeness (QED) is 0.777. The summed E-state index contributed by atoms with van der Waals surface area (Å²) in [7, 11) is 0. The van der Waals surface area contributed by atoms with Crippen molar-refractivity contribution in [3.63, 3.8) is 0 Å². The predicted octanol–water partition coefficient (Wildman–Crippen LogP) is 1.73. The molecule has 1 aromatic rings. The maximum Gasteiger partial charge on any atom is 0.164 e. The monoisotopic (exact) mass is 214 g/mol. The Morgan fingerprint density at radius 2 is 2.21 bits per heavy atom. The SMILES string of the molecule is Cc1ccc(C(=O)CCCN)cn1.Cl. The molecular weight excluding hydrogens is 200 g/mol. The van der Waals surface area contributed by atoms with Crippen LogP contribution in [-0.4, -0.2) is 17.3 Å². The number of hydrogen-bond acceptors (Lipinski definition) is 3. The number of pyridine rings is 1. The van der Waals surface area contributed by atoms with E-state index in [0.717, 1.165) is 12.1 Å². The first-order valence-electron chi connectivity index (χ1n) is 4.40. The molecule has 0 aliphatic heterocycles. The fraction of sp³-hybridized carbons (Fsp3) is 0.400. The molecule has 0 aromatic carbocycles. The van der Waals surface area contributed by atoms with Gasteiger partial charge in [0.25, 0.3) is 0 Å². The number of carbonyl (C=O) groups excluding carboxylic acids is 1. The molecule has 0 saturated carbocycles. The maximum absolute atomic E-state index is 11.4. The van der Waals surface area contributed by atoms with Crippen molar-refractivity contribution < 1.29 is 4.79 Å². The Morgan fingerprint density at radius 1 is 1.50 bits per heavy atom. The first-order chi connectivity index (χ1) is 6.24. The standard InChI is InChI=1S/C10H14N2O.ClH/c1-8-4-5-9(7-12-8)10(13)3-2-6-11;/h4-5,7H,2-3,6,11H2,1H3;1H. The van der Waals surface area contributed by atoms with Gasteiger partial charge >= 0.3 is 0 Å². The van der Waals surface area contributed by atoms with Crippen LogP contribution < -0.4 is 5.73 Å². The van der Waals surface area contributed by atoms with Crippen molar-refractivity contribution in [2.24, 2.45) is 5.73 Å². The van der Waals surface area contributed by atoms with Crippen LogP contribution in [0.3, 0.4) is 0 Å². The Morgan fingerprint density at radius 3 is 2.71 bits per heavy atom. The molecule has 14 heavy (non-hydrogen) atoms. The second kappa shape index (κ2) is 6.51. The minimum Gasteiger partial charge on any atom is -0.330 e. The van der Waals surface area contributed by atoms with Crippen LogP contribution >= 0.6 is 12.4 Å². The van der Waals surface area contributed by atoms with E-state index in [1.54, 1.807) is 12.3 Å². The number of Topliss-reactive ketones (excluding diaryl/α,β-unsaturated/α-hetero) is 1. The molecule has 1 heterocycles. The molecule has 0 radical (unpaired) electrons. The largest absolute Gasteiger partial charge is 0.330 e. The highest BCUT2D eigenvalue weighted by Gasteiger charge is 2.04. The van der Waals surface area contributed by atoms with E-state index in [2.05, 4.69) is 4.98 Å². The molecular formula is C10H15ClN2O. The van der Waals surface area contributed by atoms with Gasteiger partial charge in [0, 0.05) is 23.9 Å². The van der Waals surface area contributed by atoms with Crippen LogP contribution in [0.25, 0.3) is 0 Å². The van der Waals surface area contributed by atoms with Gasteiger partial charge in [-0.1, -0.05) is 0 Å². The highest BCUT2D eigenvalue weighted by molar-refractivity contribution is 5.95. The minimum atomic E-state index is 0. The van der Waals surface area contributed by atoms with E-state index in [1.165, 1.54) is 0 Å². The molecule has 1 rings (SSSR count). The van der Waals surface area contributed by atoms with Crippen LogP contribution in [0, 0.1) is 6.92 Å². The first kappa shape index (κ1) is 13.1. The summed E-state index contributed by atoms with van der Waals surface area (Å²) in [6.45, 7) is 2.46. The number of aryl methyl sites for hydroxylation is 1. The summed E-state index contributed by atoms with van der Waals surface area (Å²) >= 11 is 0. The molecule has 0 saturated heterocycles. The number of carbonyl (C=O) groups is 1. The molecule has 0 aliphatic rings. The number of nitrogens with two attached hydrogens (primary N) is 1. The van der Waals surface area contributed by atoms with E-state index in [-0.39, 0.29) is 18.2 Å². The topological polar surface area (TPSA) is 56.0 Å². The van der Waals surface area contributed by atoms with Crippen molar-refractivity contribution in [2.45, 2.75) is 19.8 Å². The van der Waals surface area contributed by atoms with E-state index >= 15 is 0 Å². The van der Waals surface area contributed by atoms with Gasteiger partial charge in [0.2, 0.25) is 0 Å². The normalized spacial score (nSPS) is 9.29. The van der Waals surface area contributed by atoms with E-state index in [9.17, 15) is 4.79 Å². The fourth-order valence-electron chi connectivity index (χ4n) is 1.04. The molecule has 2 N–H and O–H groups in total. The molecule has 0 amide bonds. The zero-order valence-electron chi connectivity index (χ0n) is 8.19. The predicted molar refractivity (Wildman–Crippen MR) is 58.8 cm³/mol. The van der Waals surface area contributed by atoms with Crippen molar-refractivity contribution in [1.82, 2.24) is 4.98 Å². The average molecular weight is 215 g/mol. The number of halogens is 1. The van der Waals surface area contributed by atoms with Crippen LogP contribution in [0.1, 0.15) is 28.9 Å². The molecule has 0 fully saturated rings. The van der Waals surface area contributed by atoms with Gasteiger partial charge < -0.3 is 5.73 Å². The van der Waals surface area contributed by atoms with Gasteiger partial charge in [-0.15, -0.1) is 12.4 Å². The highest BCUT2D eigenvalue weighted by Crippen LogP contribution is 2.04. The van der Waals surface area contributed by atoms with Gasteiger partial charge in [-0.3, -0.25) is 9.78 Å². The number of aromatic nitrogens is 1. The Hall–Kier alpha value is -0.930. The maximum atomic E-state index is 11.4. The lowest BCUT2D eigenvalue weighted by Crippen LogP contribution is -2.05. The van der Waals surface area contributed by atoms with Crippen LogP contribution in [0.2, 0.25) is 0 Å². The van der Waals surface area contributed by atoms with Crippen LogP contribution in [0.5, 0.6) is 0 Å².